The molecule has 0 spiro atoms. The molecule has 1 saturated heterocycles. The number of hydrogen-bond donors (Lipinski definition) is 2. The number of likely N-dealkylation sites (tertiary alicyclic amines) is 1. The van der Waals surface area contributed by atoms with Crippen molar-refractivity contribution in [3.05, 3.63) is 52.8 Å². The summed E-state index contributed by atoms with van der Waals surface area (Å²) in [5.41, 5.74) is 9.56. The molecule has 1 saturated carbocycles. The van der Waals surface area contributed by atoms with E-state index in [0.29, 0.717) is 34.2 Å². The fraction of sp³-hybridized carbons (Fsp3) is 0.444. The fourth-order valence-electron chi connectivity index (χ4n) is 5.38. The van der Waals surface area contributed by atoms with Crippen LogP contribution >= 0.6 is 11.3 Å². The van der Waals surface area contributed by atoms with Crippen molar-refractivity contribution in [3.8, 4) is 6.07 Å². The monoisotopic (exact) mass is 539 g/mol. The number of fused-ring (bicyclic) bond motifs is 2. The quantitative estimate of drug-likeness (QED) is 0.341. The zero-order valence-electron chi connectivity index (χ0n) is 20.7. The van der Waals surface area contributed by atoms with Crippen LogP contribution in [0.3, 0.4) is 0 Å². The third-order valence-corrected chi connectivity index (χ3v) is 8.49. The van der Waals surface area contributed by atoms with Crippen molar-refractivity contribution in [2.75, 3.05) is 18.4 Å². The molecule has 0 amide bonds. The Morgan fingerprint density at radius 3 is 2.74 bits per heavy atom. The van der Waals surface area contributed by atoms with E-state index in [1.807, 2.05) is 6.07 Å². The molecule has 11 heteroatoms. The number of piperidine rings is 1. The summed E-state index contributed by atoms with van der Waals surface area (Å²) in [5.74, 6) is 1.22. The van der Waals surface area contributed by atoms with E-state index in [1.54, 1.807) is 0 Å². The smallest absolute Gasteiger partial charge is 0.365 e. The van der Waals surface area contributed by atoms with Gasteiger partial charge in [0.25, 0.3) is 0 Å². The predicted octanol–water partition coefficient (Wildman–Crippen LogP) is 5.05. The van der Waals surface area contributed by atoms with Crippen LogP contribution in [0, 0.1) is 17.2 Å². The number of nitrogens with zero attached hydrogens (tertiary/aromatic N) is 5. The molecule has 0 bridgehead atoms. The van der Waals surface area contributed by atoms with Crippen molar-refractivity contribution in [1.29, 1.82) is 5.26 Å². The molecular formula is C27H28F3N7S. The first-order valence-corrected chi connectivity index (χ1v) is 13.6. The topological polar surface area (TPSA) is 95.8 Å². The number of hydrogen-bond acceptors (Lipinski definition) is 7. The highest BCUT2D eigenvalue weighted by atomic mass is 32.1. The van der Waals surface area contributed by atoms with Crippen LogP contribution in [0.5, 0.6) is 0 Å². The van der Waals surface area contributed by atoms with Crippen molar-refractivity contribution < 1.29 is 13.2 Å². The van der Waals surface area contributed by atoms with Gasteiger partial charge in [0.2, 0.25) is 0 Å². The van der Waals surface area contributed by atoms with Crippen molar-refractivity contribution in [2.24, 2.45) is 11.7 Å². The summed E-state index contributed by atoms with van der Waals surface area (Å²) in [6.45, 7) is 3.18. The maximum absolute atomic E-state index is 12.9. The van der Waals surface area contributed by atoms with Gasteiger partial charge < -0.3 is 15.6 Å². The molecule has 198 valence electrons. The first-order valence-electron chi connectivity index (χ1n) is 12.8. The summed E-state index contributed by atoms with van der Waals surface area (Å²) in [6, 6.07) is 12.1. The third-order valence-electron chi connectivity index (χ3n) is 7.44. The van der Waals surface area contributed by atoms with Gasteiger partial charge in [-0.2, -0.15) is 18.4 Å². The Balaban J connectivity index is 1.12. The Labute approximate surface area is 222 Å². The second kappa shape index (κ2) is 9.84. The van der Waals surface area contributed by atoms with E-state index in [2.05, 4.69) is 49.0 Å². The summed E-state index contributed by atoms with van der Waals surface area (Å²) in [5, 5.41) is 14.7. The summed E-state index contributed by atoms with van der Waals surface area (Å²) in [6.07, 6.45) is -0.597. The van der Waals surface area contributed by atoms with E-state index >= 15 is 0 Å². The van der Waals surface area contributed by atoms with Crippen LogP contribution in [0.2, 0.25) is 0 Å². The van der Waals surface area contributed by atoms with Crippen molar-refractivity contribution >= 4 is 38.3 Å². The number of nitrogens with one attached hydrogen (secondary N) is 1. The molecule has 4 heterocycles. The van der Waals surface area contributed by atoms with Gasteiger partial charge in [-0.15, -0.1) is 11.3 Å². The van der Waals surface area contributed by atoms with Gasteiger partial charge in [0, 0.05) is 54.0 Å². The molecule has 2 fully saturated rings. The molecule has 3 aromatic heterocycles. The summed E-state index contributed by atoms with van der Waals surface area (Å²) in [7, 11) is 0. The molecule has 3 N–H and O–H groups in total. The first-order chi connectivity index (χ1) is 18.3. The van der Waals surface area contributed by atoms with Gasteiger partial charge in [0.15, 0.2) is 0 Å². The van der Waals surface area contributed by atoms with Crippen LogP contribution < -0.4 is 11.1 Å². The van der Waals surface area contributed by atoms with E-state index in [0.717, 1.165) is 48.3 Å². The fourth-order valence-corrected chi connectivity index (χ4v) is 6.41. The molecule has 7 nitrogen and oxygen atoms in total. The Morgan fingerprint density at radius 1 is 1.16 bits per heavy atom. The zero-order valence-corrected chi connectivity index (χ0v) is 21.5. The summed E-state index contributed by atoms with van der Waals surface area (Å²) < 4.78 is 40.7. The lowest BCUT2D eigenvalue weighted by Crippen LogP contribution is -2.53. The van der Waals surface area contributed by atoms with Gasteiger partial charge in [-0.3, -0.25) is 4.90 Å². The molecule has 1 aliphatic heterocycles. The van der Waals surface area contributed by atoms with Crippen molar-refractivity contribution in [2.45, 2.75) is 57.0 Å². The van der Waals surface area contributed by atoms with Gasteiger partial charge in [-0.1, -0.05) is 6.07 Å². The Hall–Kier alpha value is -3.20. The molecular weight excluding hydrogens is 511 g/mol. The Bertz CT molecular complexity index is 1510. The highest BCUT2D eigenvalue weighted by Gasteiger charge is 2.30. The first kappa shape index (κ1) is 25.1. The maximum atomic E-state index is 12.9. The number of nitrogens with two attached hydrogens (primary N) is 1. The SMILES string of the molecule is N#Cc1cc2cc(CN3CC[C@H](Nc4ncnc5sc(CC(F)(F)F)cc45)[C@@H](N)C3)ccc2n1CC1CC1. The molecule has 38 heavy (non-hydrogen) atoms. The number of rotatable bonds is 7. The Kier molecular flexibility index (Phi) is 6.50. The largest absolute Gasteiger partial charge is 0.393 e. The highest BCUT2D eigenvalue weighted by molar-refractivity contribution is 7.18. The minimum absolute atomic E-state index is 0.0487. The number of anilines is 1. The summed E-state index contributed by atoms with van der Waals surface area (Å²) >= 11 is 1.04. The molecule has 2 atom stereocenters. The number of halogens is 3. The number of aromatic nitrogens is 3. The van der Waals surface area contributed by atoms with Crippen molar-refractivity contribution in [1.82, 2.24) is 19.4 Å². The third kappa shape index (κ3) is 5.34. The van der Waals surface area contributed by atoms with Gasteiger partial charge in [-0.05, 0) is 55.0 Å². The van der Waals surface area contributed by atoms with Crippen LogP contribution in [-0.2, 0) is 19.5 Å². The molecule has 1 aromatic carbocycles. The van der Waals surface area contributed by atoms with Crippen LogP contribution in [0.4, 0.5) is 19.0 Å². The van der Waals surface area contributed by atoms with E-state index in [1.165, 1.54) is 30.8 Å². The van der Waals surface area contributed by atoms with Gasteiger partial charge in [0.05, 0.1) is 11.8 Å². The van der Waals surface area contributed by atoms with Crippen LogP contribution in [-0.4, -0.2) is 50.8 Å². The van der Waals surface area contributed by atoms with E-state index in [4.69, 9.17) is 5.73 Å². The lowest BCUT2D eigenvalue weighted by Gasteiger charge is -2.37. The van der Waals surface area contributed by atoms with E-state index < -0.39 is 12.6 Å². The molecule has 4 aromatic rings. The lowest BCUT2D eigenvalue weighted by molar-refractivity contribution is -0.126. The van der Waals surface area contributed by atoms with Crippen LogP contribution in [0.1, 0.15) is 35.4 Å². The van der Waals surface area contributed by atoms with Gasteiger partial charge >= 0.3 is 6.18 Å². The maximum Gasteiger partial charge on any atom is 0.393 e. The standard InChI is InChI=1S/C27H28F3N7S/c28-27(29,30)10-20-9-21-25(33-15-34-26(21)38-20)35-23-5-6-36(14-22(23)32)12-17-3-4-24-18(7-17)8-19(11-31)37(24)13-16-1-2-16/h3-4,7-9,15-16,22-23H,1-2,5-6,10,12-14,32H2,(H,33,34,35)/t22-,23-/m0/s1. The van der Waals surface area contributed by atoms with E-state index in [9.17, 15) is 18.4 Å². The minimum atomic E-state index is -4.26. The normalized spacial score (nSPS) is 20.7. The summed E-state index contributed by atoms with van der Waals surface area (Å²) in [4.78, 5) is 11.5. The average Bonchev–Trinajstić information content (AvgIpc) is 3.49. The molecule has 2 aliphatic rings. The second-order valence-electron chi connectivity index (χ2n) is 10.5. The number of alkyl halides is 3. The van der Waals surface area contributed by atoms with E-state index in [-0.39, 0.29) is 17.0 Å². The molecule has 1 aliphatic carbocycles. The molecule has 6 rings (SSSR count). The molecule has 0 unspecified atom stereocenters. The predicted molar refractivity (Wildman–Crippen MR) is 142 cm³/mol. The highest BCUT2D eigenvalue weighted by Crippen LogP contribution is 2.34. The second-order valence-corrected chi connectivity index (χ2v) is 11.6. The van der Waals surface area contributed by atoms with Gasteiger partial charge in [0.1, 0.15) is 28.7 Å². The lowest BCUT2D eigenvalue weighted by atomic mass is 9.99. The Morgan fingerprint density at radius 2 is 2.00 bits per heavy atom. The van der Waals surface area contributed by atoms with Gasteiger partial charge in [-0.25, -0.2) is 9.97 Å². The number of nitriles is 1. The van der Waals surface area contributed by atoms with Crippen molar-refractivity contribution in [3.63, 3.8) is 0 Å². The number of benzene rings is 1. The number of thiophene rings is 1. The zero-order chi connectivity index (χ0) is 26.4. The molecule has 0 radical (unpaired) electrons. The van der Waals surface area contributed by atoms with Crippen LogP contribution in [0.15, 0.2) is 36.7 Å². The average molecular weight is 540 g/mol. The van der Waals surface area contributed by atoms with Crippen LogP contribution in [0.25, 0.3) is 21.1 Å². The minimum Gasteiger partial charge on any atom is -0.365 e.